The van der Waals surface area contributed by atoms with Crippen molar-refractivity contribution in [1.29, 1.82) is 5.26 Å². The van der Waals surface area contributed by atoms with Crippen LogP contribution in [-0.2, 0) is 10.0 Å². The maximum atomic E-state index is 13.0. The molecule has 38 heavy (non-hydrogen) atoms. The van der Waals surface area contributed by atoms with Crippen LogP contribution in [0.1, 0.15) is 29.8 Å². The molecule has 1 amide bonds. The summed E-state index contributed by atoms with van der Waals surface area (Å²) in [5.41, 5.74) is 4.76. The molecular weight excluding hydrogens is 496 g/mol. The fourth-order valence-corrected chi connectivity index (χ4v) is 4.93. The Bertz CT molecular complexity index is 1570. The summed E-state index contributed by atoms with van der Waals surface area (Å²) in [7, 11) is -3.55. The molecule has 0 saturated heterocycles. The van der Waals surface area contributed by atoms with Crippen LogP contribution >= 0.6 is 0 Å². The molecule has 0 bridgehead atoms. The first-order valence-corrected chi connectivity index (χ1v) is 13.6. The highest BCUT2D eigenvalue weighted by atomic mass is 32.2. The van der Waals surface area contributed by atoms with E-state index in [4.69, 9.17) is 5.26 Å². The molecule has 0 saturated carbocycles. The highest BCUT2D eigenvalue weighted by Gasteiger charge is 2.15. The lowest BCUT2D eigenvalue weighted by atomic mass is 10.0. The molecule has 0 aliphatic heterocycles. The van der Waals surface area contributed by atoms with E-state index >= 15 is 0 Å². The maximum Gasteiger partial charge on any atom is 0.255 e. The number of para-hydroxylation sites is 2. The summed E-state index contributed by atoms with van der Waals surface area (Å²) in [6.07, 6.45) is 0. The molecule has 0 radical (unpaired) electrons. The zero-order valence-electron chi connectivity index (χ0n) is 21.1. The van der Waals surface area contributed by atoms with Crippen molar-refractivity contribution < 1.29 is 13.2 Å². The van der Waals surface area contributed by atoms with Crippen LogP contribution in [0.15, 0.2) is 102 Å². The number of carbonyl (C=O) groups is 1. The van der Waals surface area contributed by atoms with Gasteiger partial charge in [0.15, 0.2) is 0 Å². The van der Waals surface area contributed by atoms with Crippen LogP contribution in [0.3, 0.4) is 0 Å². The predicted molar refractivity (Wildman–Crippen MR) is 151 cm³/mol. The average molecular weight is 525 g/mol. The summed E-state index contributed by atoms with van der Waals surface area (Å²) in [5.74, 6) is -0.0553. The van der Waals surface area contributed by atoms with Crippen LogP contribution in [0, 0.1) is 17.2 Å². The van der Waals surface area contributed by atoms with Gasteiger partial charge in [-0.2, -0.15) is 5.26 Å². The minimum absolute atomic E-state index is 0.213. The van der Waals surface area contributed by atoms with Gasteiger partial charge in [-0.15, -0.1) is 0 Å². The number of anilines is 3. The fraction of sp³-hybridized carbons (Fsp3) is 0.133. The SMILES string of the molecule is CC(C)CNS(=O)(=O)c1ccc(-c2ccc(C(=O)Nc3ccccc3Nc3cccc(C#N)c3)cc2)cc1. The van der Waals surface area contributed by atoms with Gasteiger partial charge in [0.1, 0.15) is 0 Å². The molecule has 4 aromatic rings. The van der Waals surface area contributed by atoms with E-state index in [-0.39, 0.29) is 16.7 Å². The molecule has 0 spiro atoms. The van der Waals surface area contributed by atoms with Crippen LogP contribution in [0.4, 0.5) is 17.1 Å². The Morgan fingerprint density at radius 3 is 2.11 bits per heavy atom. The first kappa shape index (κ1) is 26.6. The smallest absolute Gasteiger partial charge is 0.255 e. The maximum absolute atomic E-state index is 13.0. The van der Waals surface area contributed by atoms with Crippen molar-refractivity contribution in [2.45, 2.75) is 18.7 Å². The molecule has 3 N–H and O–H groups in total. The highest BCUT2D eigenvalue weighted by Crippen LogP contribution is 2.27. The Balaban J connectivity index is 1.45. The van der Waals surface area contributed by atoms with Gasteiger partial charge in [-0.3, -0.25) is 4.79 Å². The Kier molecular flexibility index (Phi) is 8.22. The van der Waals surface area contributed by atoms with Crippen molar-refractivity contribution >= 4 is 33.0 Å². The van der Waals surface area contributed by atoms with Gasteiger partial charge < -0.3 is 10.6 Å². The van der Waals surface area contributed by atoms with E-state index < -0.39 is 10.0 Å². The topological polar surface area (TPSA) is 111 Å². The van der Waals surface area contributed by atoms with Crippen LogP contribution in [0.5, 0.6) is 0 Å². The summed E-state index contributed by atoms with van der Waals surface area (Å²) in [6, 6.07) is 30.3. The molecule has 192 valence electrons. The van der Waals surface area contributed by atoms with Crippen molar-refractivity contribution in [3.8, 4) is 17.2 Å². The quantitative estimate of drug-likeness (QED) is 0.243. The average Bonchev–Trinajstić information content (AvgIpc) is 2.93. The second kappa shape index (κ2) is 11.7. The second-order valence-electron chi connectivity index (χ2n) is 9.16. The predicted octanol–water partition coefficient (Wildman–Crippen LogP) is 6.16. The van der Waals surface area contributed by atoms with E-state index in [1.54, 1.807) is 60.7 Å². The van der Waals surface area contributed by atoms with Crippen molar-refractivity contribution in [3.05, 3.63) is 108 Å². The molecule has 0 fully saturated rings. The number of hydrogen-bond acceptors (Lipinski definition) is 5. The second-order valence-corrected chi connectivity index (χ2v) is 10.9. The lowest BCUT2D eigenvalue weighted by Gasteiger charge is -2.13. The van der Waals surface area contributed by atoms with Gasteiger partial charge in [-0.05, 0) is 71.6 Å². The summed E-state index contributed by atoms with van der Waals surface area (Å²) in [6.45, 7) is 4.27. The minimum atomic E-state index is -3.55. The van der Waals surface area contributed by atoms with Gasteiger partial charge in [0.25, 0.3) is 5.91 Å². The molecule has 0 unspecified atom stereocenters. The highest BCUT2D eigenvalue weighted by molar-refractivity contribution is 7.89. The number of benzene rings is 4. The van der Waals surface area contributed by atoms with E-state index in [9.17, 15) is 13.2 Å². The van der Waals surface area contributed by atoms with E-state index in [2.05, 4.69) is 21.4 Å². The van der Waals surface area contributed by atoms with Crippen molar-refractivity contribution in [3.63, 3.8) is 0 Å². The van der Waals surface area contributed by atoms with Gasteiger partial charge in [0.05, 0.1) is 27.9 Å². The van der Waals surface area contributed by atoms with Gasteiger partial charge >= 0.3 is 0 Å². The fourth-order valence-electron chi connectivity index (χ4n) is 3.72. The summed E-state index contributed by atoms with van der Waals surface area (Å²) >= 11 is 0. The lowest BCUT2D eigenvalue weighted by molar-refractivity contribution is 0.102. The molecule has 7 nitrogen and oxygen atoms in total. The minimum Gasteiger partial charge on any atom is -0.354 e. The van der Waals surface area contributed by atoms with Crippen molar-refractivity contribution in [2.75, 3.05) is 17.2 Å². The number of sulfonamides is 1. The number of nitrogens with zero attached hydrogens (tertiary/aromatic N) is 1. The van der Waals surface area contributed by atoms with Crippen LogP contribution in [0.25, 0.3) is 11.1 Å². The number of amides is 1. The molecule has 4 rings (SSSR count). The Morgan fingerprint density at radius 1 is 0.842 bits per heavy atom. The molecule has 0 heterocycles. The standard InChI is InChI=1S/C30H28N4O3S/c1-21(2)20-32-38(36,37)27-16-14-24(15-17-27)23-10-12-25(13-11-23)30(35)34-29-9-4-3-8-28(29)33-26-7-5-6-22(18-26)19-31/h3-18,21,32-33H,20H2,1-2H3,(H,34,35). The largest absolute Gasteiger partial charge is 0.354 e. The molecule has 0 aliphatic rings. The monoisotopic (exact) mass is 524 g/mol. The Hall–Kier alpha value is -4.45. The lowest BCUT2D eigenvalue weighted by Crippen LogP contribution is -2.27. The third kappa shape index (κ3) is 6.65. The first-order valence-electron chi connectivity index (χ1n) is 12.1. The Labute approximate surface area is 223 Å². The van der Waals surface area contributed by atoms with E-state index in [1.807, 2.05) is 50.2 Å². The molecule has 0 aromatic heterocycles. The number of rotatable bonds is 9. The van der Waals surface area contributed by atoms with Gasteiger partial charge in [0, 0.05) is 17.8 Å². The van der Waals surface area contributed by atoms with Crippen molar-refractivity contribution in [1.82, 2.24) is 4.72 Å². The van der Waals surface area contributed by atoms with E-state index in [1.165, 1.54) is 0 Å². The normalized spacial score (nSPS) is 11.1. The number of hydrogen-bond donors (Lipinski definition) is 3. The third-order valence-corrected chi connectivity index (χ3v) is 7.21. The zero-order chi connectivity index (χ0) is 27.1. The molecule has 0 atom stereocenters. The molecular formula is C30H28N4O3S. The summed E-state index contributed by atoms with van der Waals surface area (Å²) in [5, 5.41) is 15.3. The zero-order valence-corrected chi connectivity index (χ0v) is 21.9. The van der Waals surface area contributed by atoms with Gasteiger partial charge in [-0.1, -0.05) is 56.3 Å². The number of carbonyl (C=O) groups excluding carboxylic acids is 1. The summed E-state index contributed by atoms with van der Waals surface area (Å²) < 4.78 is 27.5. The van der Waals surface area contributed by atoms with Crippen LogP contribution < -0.4 is 15.4 Å². The molecule has 8 heteroatoms. The Morgan fingerprint density at radius 2 is 1.47 bits per heavy atom. The van der Waals surface area contributed by atoms with E-state index in [0.717, 1.165) is 16.8 Å². The first-order chi connectivity index (χ1) is 18.2. The third-order valence-electron chi connectivity index (χ3n) is 5.77. The van der Waals surface area contributed by atoms with Crippen LogP contribution in [0.2, 0.25) is 0 Å². The van der Waals surface area contributed by atoms with Gasteiger partial charge in [0.2, 0.25) is 10.0 Å². The van der Waals surface area contributed by atoms with E-state index in [0.29, 0.717) is 29.0 Å². The summed E-state index contributed by atoms with van der Waals surface area (Å²) in [4.78, 5) is 13.2. The van der Waals surface area contributed by atoms with Gasteiger partial charge in [-0.25, -0.2) is 13.1 Å². The van der Waals surface area contributed by atoms with Crippen LogP contribution in [-0.4, -0.2) is 20.9 Å². The molecule has 4 aromatic carbocycles. The number of nitriles is 1. The van der Waals surface area contributed by atoms with Crippen molar-refractivity contribution in [2.24, 2.45) is 5.92 Å². The number of nitrogens with one attached hydrogen (secondary N) is 3. The molecule has 0 aliphatic carbocycles.